The van der Waals surface area contributed by atoms with Crippen molar-refractivity contribution < 1.29 is 9.84 Å². The third kappa shape index (κ3) is 4.58. The van der Waals surface area contributed by atoms with E-state index in [0.717, 1.165) is 67.6 Å². The number of aliphatic hydroxyl groups is 1. The van der Waals surface area contributed by atoms with Gasteiger partial charge in [-0.1, -0.05) is 6.92 Å². The number of hydrogen-bond acceptors (Lipinski definition) is 9. The number of anilines is 3. The Bertz CT molecular complexity index is 1260. The summed E-state index contributed by atoms with van der Waals surface area (Å²) < 4.78 is 7.41. The third-order valence-electron chi connectivity index (χ3n) is 6.95. The van der Waals surface area contributed by atoms with Crippen LogP contribution < -0.4 is 10.6 Å². The van der Waals surface area contributed by atoms with Gasteiger partial charge in [-0.2, -0.15) is 10.4 Å². The molecule has 1 saturated heterocycles. The molecule has 0 saturated carbocycles. The molecule has 0 unspecified atom stereocenters. The van der Waals surface area contributed by atoms with Crippen LogP contribution in [-0.4, -0.2) is 75.8 Å². The molecule has 0 aliphatic carbocycles. The number of aliphatic hydroxyl groups excluding tert-OH is 1. The van der Waals surface area contributed by atoms with Crippen molar-refractivity contribution in [3.05, 3.63) is 47.4 Å². The topological polar surface area (TPSA) is 124 Å². The van der Waals surface area contributed by atoms with E-state index in [2.05, 4.69) is 31.7 Å². The van der Waals surface area contributed by atoms with Crippen LogP contribution in [0.5, 0.6) is 0 Å². The zero-order valence-electron chi connectivity index (χ0n) is 20.1. The van der Waals surface area contributed by atoms with Crippen molar-refractivity contribution in [1.29, 1.82) is 5.26 Å². The Labute approximate surface area is 204 Å². The van der Waals surface area contributed by atoms with Gasteiger partial charge in [0.2, 0.25) is 5.95 Å². The summed E-state index contributed by atoms with van der Waals surface area (Å²) in [5.41, 5.74) is 5.20. The van der Waals surface area contributed by atoms with Crippen LogP contribution in [0.1, 0.15) is 23.7 Å². The molecular weight excluding hydrogens is 444 g/mol. The lowest BCUT2D eigenvalue weighted by atomic mass is 9.83. The fourth-order valence-corrected chi connectivity index (χ4v) is 4.62. The molecule has 35 heavy (non-hydrogen) atoms. The predicted octanol–water partition coefficient (Wildman–Crippen LogP) is 2.27. The number of hydrogen-bond donors (Lipinski definition) is 3. The molecule has 1 atom stereocenters. The maximum Gasteiger partial charge on any atom is 0.227 e. The highest BCUT2D eigenvalue weighted by Crippen LogP contribution is 2.41. The summed E-state index contributed by atoms with van der Waals surface area (Å²) in [6.45, 7) is 9.81. The van der Waals surface area contributed by atoms with Gasteiger partial charge in [0.25, 0.3) is 0 Å². The largest absolute Gasteiger partial charge is 0.395 e. The summed E-state index contributed by atoms with van der Waals surface area (Å²) in [7, 11) is 0. The standard InChI is InChI=1S/C25H30N8O2/c1-17-22(14-29-33(17)6-5-32-7-9-35-10-8-32)31-24-27-4-3-21(30-24)18-11-19(13-26)23-20(12-18)25(2,16-34)15-28-23/h3-4,11-12,14,28,34H,5-10,15-16H2,1-2H3,(H,27,30,31)/t25-/m1/s1. The summed E-state index contributed by atoms with van der Waals surface area (Å²) in [5.74, 6) is 0.459. The Hall–Kier alpha value is -3.52. The van der Waals surface area contributed by atoms with Gasteiger partial charge in [0.15, 0.2) is 0 Å². The zero-order valence-corrected chi connectivity index (χ0v) is 20.1. The van der Waals surface area contributed by atoms with Crippen LogP contribution in [0.3, 0.4) is 0 Å². The van der Waals surface area contributed by atoms with Gasteiger partial charge in [-0.25, -0.2) is 9.97 Å². The first-order valence-electron chi connectivity index (χ1n) is 11.9. The van der Waals surface area contributed by atoms with Crippen molar-refractivity contribution in [2.45, 2.75) is 25.8 Å². The lowest BCUT2D eigenvalue weighted by Gasteiger charge is -2.26. The predicted molar refractivity (Wildman–Crippen MR) is 133 cm³/mol. The van der Waals surface area contributed by atoms with E-state index in [-0.39, 0.29) is 6.61 Å². The van der Waals surface area contributed by atoms with Crippen molar-refractivity contribution in [3.8, 4) is 17.3 Å². The monoisotopic (exact) mass is 474 g/mol. The van der Waals surface area contributed by atoms with E-state index >= 15 is 0 Å². The minimum absolute atomic E-state index is 0.00724. The zero-order chi connectivity index (χ0) is 24.4. The van der Waals surface area contributed by atoms with Crippen molar-refractivity contribution >= 4 is 17.3 Å². The molecule has 0 amide bonds. The molecule has 1 aromatic carbocycles. The molecule has 182 valence electrons. The smallest absolute Gasteiger partial charge is 0.227 e. The number of fused-ring (bicyclic) bond motifs is 1. The van der Waals surface area contributed by atoms with Crippen LogP contribution >= 0.6 is 0 Å². The Kier molecular flexibility index (Phi) is 6.38. The summed E-state index contributed by atoms with van der Waals surface area (Å²) in [6.07, 6.45) is 3.50. The van der Waals surface area contributed by atoms with Crippen molar-refractivity contribution in [1.82, 2.24) is 24.6 Å². The molecule has 0 radical (unpaired) electrons. The van der Waals surface area contributed by atoms with E-state index in [0.29, 0.717) is 23.8 Å². The van der Waals surface area contributed by atoms with E-state index in [1.807, 2.05) is 36.7 Å². The van der Waals surface area contributed by atoms with Crippen LogP contribution in [0.15, 0.2) is 30.6 Å². The number of morpholine rings is 1. The lowest BCUT2D eigenvalue weighted by molar-refractivity contribution is 0.0359. The summed E-state index contributed by atoms with van der Waals surface area (Å²) in [4.78, 5) is 11.5. The molecule has 5 rings (SSSR count). The molecule has 4 heterocycles. The molecule has 10 nitrogen and oxygen atoms in total. The van der Waals surface area contributed by atoms with Gasteiger partial charge in [-0.3, -0.25) is 9.58 Å². The quantitative estimate of drug-likeness (QED) is 0.473. The molecule has 10 heteroatoms. The Morgan fingerprint density at radius 3 is 2.89 bits per heavy atom. The van der Waals surface area contributed by atoms with E-state index in [9.17, 15) is 10.4 Å². The van der Waals surface area contributed by atoms with Crippen LogP contribution in [0.2, 0.25) is 0 Å². The Morgan fingerprint density at radius 1 is 1.29 bits per heavy atom. The van der Waals surface area contributed by atoms with Gasteiger partial charge in [0.1, 0.15) is 6.07 Å². The molecule has 2 aliphatic heterocycles. The maximum absolute atomic E-state index is 9.97. The first-order valence-corrected chi connectivity index (χ1v) is 11.9. The highest BCUT2D eigenvalue weighted by Gasteiger charge is 2.36. The second-order valence-corrected chi connectivity index (χ2v) is 9.34. The van der Waals surface area contributed by atoms with E-state index in [4.69, 9.17) is 9.72 Å². The second kappa shape index (κ2) is 9.62. The van der Waals surface area contributed by atoms with Crippen LogP contribution in [0, 0.1) is 18.3 Å². The van der Waals surface area contributed by atoms with Crippen molar-refractivity contribution in [3.63, 3.8) is 0 Å². The minimum Gasteiger partial charge on any atom is -0.395 e. The summed E-state index contributed by atoms with van der Waals surface area (Å²) in [6, 6.07) is 7.94. The van der Waals surface area contributed by atoms with E-state index < -0.39 is 5.41 Å². The molecular formula is C25H30N8O2. The number of ether oxygens (including phenoxy) is 1. The molecule has 0 bridgehead atoms. The minimum atomic E-state index is -0.446. The molecule has 0 spiro atoms. The van der Waals surface area contributed by atoms with Crippen molar-refractivity contribution in [2.24, 2.45) is 0 Å². The van der Waals surface area contributed by atoms with Gasteiger partial charge in [0.05, 0.1) is 60.9 Å². The average Bonchev–Trinajstić information content (AvgIpc) is 3.42. The van der Waals surface area contributed by atoms with Crippen LogP contribution in [-0.2, 0) is 16.7 Å². The number of aromatic nitrogens is 4. The fourth-order valence-electron chi connectivity index (χ4n) is 4.62. The summed E-state index contributed by atoms with van der Waals surface area (Å²) >= 11 is 0. The van der Waals surface area contributed by atoms with Crippen LogP contribution in [0.4, 0.5) is 17.3 Å². The highest BCUT2D eigenvalue weighted by atomic mass is 16.5. The maximum atomic E-state index is 9.97. The lowest BCUT2D eigenvalue weighted by Crippen LogP contribution is -2.38. The normalized spacial score (nSPS) is 19.7. The molecule has 3 aromatic rings. The first kappa shape index (κ1) is 23.2. The number of benzene rings is 1. The first-order chi connectivity index (χ1) is 17.0. The molecule has 2 aromatic heterocycles. The van der Waals surface area contributed by atoms with Gasteiger partial charge in [0, 0.05) is 43.4 Å². The van der Waals surface area contributed by atoms with E-state index in [1.54, 1.807) is 12.4 Å². The highest BCUT2D eigenvalue weighted by molar-refractivity contribution is 5.76. The average molecular weight is 475 g/mol. The fraction of sp³-hybridized carbons (Fsp3) is 0.440. The third-order valence-corrected chi connectivity index (χ3v) is 6.95. The molecule has 1 fully saturated rings. The number of rotatable bonds is 7. The van der Waals surface area contributed by atoms with Gasteiger partial charge >= 0.3 is 0 Å². The van der Waals surface area contributed by atoms with Crippen LogP contribution in [0.25, 0.3) is 11.3 Å². The Balaban J connectivity index is 1.36. The molecule has 2 aliphatic rings. The second-order valence-electron chi connectivity index (χ2n) is 9.34. The number of nitriles is 1. The van der Waals surface area contributed by atoms with Gasteiger partial charge in [-0.15, -0.1) is 0 Å². The van der Waals surface area contributed by atoms with Gasteiger partial charge in [-0.05, 0) is 30.7 Å². The van der Waals surface area contributed by atoms with Gasteiger partial charge < -0.3 is 20.5 Å². The summed E-state index contributed by atoms with van der Waals surface area (Å²) in [5, 5.41) is 30.8. The number of nitrogens with one attached hydrogen (secondary N) is 2. The Morgan fingerprint density at radius 2 is 2.11 bits per heavy atom. The SMILES string of the molecule is Cc1c(Nc2nccc(-c3cc(C#N)c4c(c3)[C@@](C)(CO)CN4)n2)cnn1CCN1CCOCC1. The van der Waals surface area contributed by atoms with Crippen molar-refractivity contribution in [2.75, 3.05) is 56.6 Å². The van der Waals surface area contributed by atoms with E-state index in [1.165, 1.54) is 0 Å². The molecule has 3 N–H and O–H groups in total. The number of nitrogens with zero attached hydrogens (tertiary/aromatic N) is 6.